The second kappa shape index (κ2) is 6.44. The Kier molecular flexibility index (Phi) is 4.34. The van der Waals surface area contributed by atoms with Crippen LogP contribution in [0.25, 0.3) is 11.2 Å². The zero-order chi connectivity index (χ0) is 17.2. The van der Waals surface area contributed by atoms with Gasteiger partial charge in [0.05, 0.1) is 19.0 Å². The Hall–Kier alpha value is -2.68. The second-order valence-corrected chi connectivity index (χ2v) is 5.21. The van der Waals surface area contributed by atoms with E-state index < -0.39 is 18.0 Å². The molecule has 0 saturated heterocycles. The number of aliphatic hydroxyl groups excluding tert-OH is 1. The van der Waals surface area contributed by atoms with Gasteiger partial charge in [-0.25, -0.2) is 15.0 Å². The number of hydrogen-bond acceptors (Lipinski definition) is 5. The predicted octanol–water partition coefficient (Wildman–Crippen LogP) is 2.39. The fourth-order valence-electron chi connectivity index (χ4n) is 2.32. The van der Waals surface area contributed by atoms with Gasteiger partial charge in [-0.3, -0.25) is 0 Å². The lowest BCUT2D eigenvalue weighted by molar-refractivity contribution is -0.144. The van der Waals surface area contributed by atoms with Gasteiger partial charge in [-0.05, 0) is 12.0 Å². The van der Waals surface area contributed by atoms with E-state index in [9.17, 15) is 18.3 Å². The van der Waals surface area contributed by atoms with Crippen molar-refractivity contribution in [1.29, 1.82) is 0 Å². The number of nitrogens with zero attached hydrogens (tertiary/aromatic N) is 3. The average Bonchev–Trinajstić information content (AvgIpc) is 3.03. The third-order valence-electron chi connectivity index (χ3n) is 3.43. The van der Waals surface area contributed by atoms with E-state index in [4.69, 9.17) is 0 Å². The largest absolute Gasteiger partial charge is 0.451 e. The quantitative estimate of drug-likeness (QED) is 0.665. The highest BCUT2D eigenvalue weighted by molar-refractivity contribution is 5.82. The molecule has 24 heavy (non-hydrogen) atoms. The molecule has 3 aromatic rings. The van der Waals surface area contributed by atoms with E-state index in [1.54, 1.807) is 0 Å². The van der Waals surface area contributed by atoms with E-state index in [1.165, 1.54) is 6.33 Å². The van der Waals surface area contributed by atoms with Gasteiger partial charge < -0.3 is 15.4 Å². The molecule has 3 N–H and O–H groups in total. The van der Waals surface area contributed by atoms with Crippen LogP contribution in [0, 0.1) is 0 Å². The molecule has 2 aromatic heterocycles. The van der Waals surface area contributed by atoms with E-state index in [2.05, 4.69) is 25.3 Å². The molecule has 126 valence electrons. The molecule has 0 spiro atoms. The number of fused-ring (bicyclic) bond motifs is 1. The fraction of sp³-hybridized carbons (Fsp3) is 0.267. The number of H-pyrrole nitrogens is 1. The first-order valence-corrected chi connectivity index (χ1v) is 7.17. The molecule has 0 saturated carbocycles. The lowest BCUT2D eigenvalue weighted by atomic mass is 10.1. The summed E-state index contributed by atoms with van der Waals surface area (Å²) in [4.78, 5) is 13.4. The van der Waals surface area contributed by atoms with Crippen LogP contribution in [0.15, 0.2) is 36.7 Å². The van der Waals surface area contributed by atoms with Gasteiger partial charge in [0.25, 0.3) is 0 Å². The molecule has 0 amide bonds. The van der Waals surface area contributed by atoms with E-state index >= 15 is 0 Å². The van der Waals surface area contributed by atoms with Crippen molar-refractivity contribution in [3.63, 3.8) is 0 Å². The van der Waals surface area contributed by atoms with Gasteiger partial charge in [0.2, 0.25) is 5.82 Å². The molecule has 0 bridgehead atoms. The first-order valence-electron chi connectivity index (χ1n) is 7.17. The number of benzene rings is 1. The summed E-state index contributed by atoms with van der Waals surface area (Å²) < 4.78 is 38.8. The standard InChI is InChI=1S/C15H14F3N5O/c16-15(17,18)14-22-12-11(19-8-20-12)13(23-14)21-10(7-24)6-9-4-2-1-3-5-9/h1-5,8,10,24H,6-7H2,(H2,19,20,21,22,23). The van der Waals surface area contributed by atoms with Gasteiger partial charge in [0.1, 0.15) is 5.52 Å². The monoisotopic (exact) mass is 337 g/mol. The molecular formula is C15H14F3N5O. The maximum atomic E-state index is 12.9. The molecule has 0 aliphatic heterocycles. The second-order valence-electron chi connectivity index (χ2n) is 5.21. The van der Waals surface area contributed by atoms with Crippen LogP contribution >= 0.6 is 0 Å². The van der Waals surface area contributed by atoms with Crippen LogP contribution in [0.5, 0.6) is 0 Å². The van der Waals surface area contributed by atoms with Gasteiger partial charge in [0, 0.05) is 0 Å². The van der Waals surface area contributed by atoms with Crippen molar-refractivity contribution >= 4 is 17.0 Å². The summed E-state index contributed by atoms with van der Waals surface area (Å²) in [7, 11) is 0. The van der Waals surface area contributed by atoms with Gasteiger partial charge in [-0.1, -0.05) is 30.3 Å². The van der Waals surface area contributed by atoms with E-state index in [0.717, 1.165) is 5.56 Å². The van der Waals surface area contributed by atoms with Gasteiger partial charge in [0.15, 0.2) is 11.5 Å². The average molecular weight is 337 g/mol. The van der Waals surface area contributed by atoms with Crippen LogP contribution in [0.1, 0.15) is 11.4 Å². The van der Waals surface area contributed by atoms with Crippen molar-refractivity contribution in [1.82, 2.24) is 19.9 Å². The van der Waals surface area contributed by atoms with Crippen molar-refractivity contribution in [3.05, 3.63) is 48.0 Å². The Bertz CT molecular complexity index is 819. The SMILES string of the molecule is OCC(Cc1ccccc1)Nc1nc(C(F)(F)F)nc2nc[nH]c12. The van der Waals surface area contributed by atoms with Gasteiger partial charge in [-0.15, -0.1) is 0 Å². The molecule has 1 unspecified atom stereocenters. The Balaban J connectivity index is 1.91. The molecule has 2 heterocycles. The minimum Gasteiger partial charge on any atom is -0.394 e. The summed E-state index contributed by atoms with van der Waals surface area (Å²) in [5.41, 5.74) is 1.11. The number of rotatable bonds is 5. The fourth-order valence-corrected chi connectivity index (χ4v) is 2.32. The van der Waals surface area contributed by atoms with E-state index in [0.29, 0.717) is 6.42 Å². The Morgan fingerprint density at radius 3 is 2.58 bits per heavy atom. The highest BCUT2D eigenvalue weighted by atomic mass is 19.4. The normalized spacial score (nSPS) is 13.2. The number of alkyl halides is 3. The maximum absolute atomic E-state index is 12.9. The maximum Gasteiger partial charge on any atom is 0.451 e. The van der Waals surface area contributed by atoms with Crippen molar-refractivity contribution < 1.29 is 18.3 Å². The van der Waals surface area contributed by atoms with Crippen molar-refractivity contribution in [3.8, 4) is 0 Å². The Morgan fingerprint density at radius 1 is 1.17 bits per heavy atom. The summed E-state index contributed by atoms with van der Waals surface area (Å²) in [5, 5.41) is 12.4. The Morgan fingerprint density at radius 2 is 1.92 bits per heavy atom. The zero-order valence-corrected chi connectivity index (χ0v) is 12.4. The zero-order valence-electron chi connectivity index (χ0n) is 12.4. The lowest BCUT2D eigenvalue weighted by Gasteiger charge is -2.18. The van der Waals surface area contributed by atoms with E-state index in [-0.39, 0.29) is 23.6 Å². The Labute approximate surface area is 134 Å². The molecule has 0 aliphatic carbocycles. The smallest absolute Gasteiger partial charge is 0.394 e. The first kappa shape index (κ1) is 16.2. The summed E-state index contributed by atoms with van der Waals surface area (Å²) in [5.74, 6) is -1.32. The van der Waals surface area contributed by atoms with E-state index in [1.807, 2.05) is 30.3 Å². The number of anilines is 1. The summed E-state index contributed by atoms with van der Waals surface area (Å²) in [6.45, 7) is -0.268. The highest BCUT2D eigenvalue weighted by Gasteiger charge is 2.36. The summed E-state index contributed by atoms with van der Waals surface area (Å²) in [6, 6.07) is 8.80. The number of aromatic nitrogens is 4. The topological polar surface area (TPSA) is 86.7 Å². The number of halogens is 3. The van der Waals surface area contributed by atoms with Crippen LogP contribution < -0.4 is 5.32 Å². The molecule has 1 atom stereocenters. The lowest BCUT2D eigenvalue weighted by Crippen LogP contribution is -2.27. The molecule has 0 fully saturated rings. The molecule has 1 aromatic carbocycles. The third kappa shape index (κ3) is 3.46. The number of aromatic amines is 1. The minimum atomic E-state index is -4.68. The van der Waals surface area contributed by atoms with Crippen LogP contribution in [0.2, 0.25) is 0 Å². The number of hydrogen-bond donors (Lipinski definition) is 3. The van der Waals surface area contributed by atoms with Crippen LogP contribution in [-0.4, -0.2) is 37.7 Å². The molecule has 0 radical (unpaired) electrons. The molecule has 9 heteroatoms. The summed E-state index contributed by atoms with van der Waals surface area (Å²) in [6.07, 6.45) is -3.01. The highest BCUT2D eigenvalue weighted by Crippen LogP contribution is 2.29. The van der Waals surface area contributed by atoms with Crippen molar-refractivity contribution in [2.45, 2.75) is 18.6 Å². The number of nitrogens with one attached hydrogen (secondary N) is 2. The summed E-state index contributed by atoms with van der Waals surface area (Å²) >= 11 is 0. The van der Waals surface area contributed by atoms with Crippen molar-refractivity contribution in [2.75, 3.05) is 11.9 Å². The predicted molar refractivity (Wildman–Crippen MR) is 81.3 cm³/mol. The molecular weight excluding hydrogens is 323 g/mol. The third-order valence-corrected chi connectivity index (χ3v) is 3.43. The van der Waals surface area contributed by atoms with Gasteiger partial charge in [-0.2, -0.15) is 13.2 Å². The number of imidazole rings is 1. The first-order chi connectivity index (χ1) is 11.5. The molecule has 0 aliphatic rings. The van der Waals surface area contributed by atoms with Crippen LogP contribution in [0.4, 0.5) is 19.0 Å². The molecule has 6 nitrogen and oxygen atoms in total. The van der Waals surface area contributed by atoms with Crippen molar-refractivity contribution in [2.24, 2.45) is 0 Å². The van der Waals surface area contributed by atoms with Crippen LogP contribution in [-0.2, 0) is 12.6 Å². The minimum absolute atomic E-state index is 0.0418. The van der Waals surface area contributed by atoms with Crippen LogP contribution in [0.3, 0.4) is 0 Å². The van der Waals surface area contributed by atoms with Gasteiger partial charge >= 0.3 is 6.18 Å². The molecule has 3 rings (SSSR count). The number of aliphatic hydroxyl groups is 1.